The maximum atomic E-state index is 12.1. The first-order valence-electron chi connectivity index (χ1n) is 10.1. The molecule has 1 saturated heterocycles. The molecule has 1 aliphatic rings. The number of fused-ring (bicyclic) bond motifs is 1. The van der Waals surface area contributed by atoms with Gasteiger partial charge in [0.2, 0.25) is 6.41 Å². The molecule has 4 rings (SSSR count). The standard InChI is InChI=1S/C22H24N4O4/c1-14(2)29-22(28)26-9-7-15(8-10-26)21-25-19-11-16(3-6-20(19)30-21)18-5-4-17(12-23-18)24-13-27/h3-6,11-15H,7-10H2,1-2H3,(H,24,27). The molecule has 1 fully saturated rings. The molecule has 0 aliphatic carbocycles. The minimum absolute atomic E-state index is 0.117. The number of amides is 2. The zero-order chi connectivity index (χ0) is 21.1. The first-order chi connectivity index (χ1) is 14.5. The SMILES string of the molecule is CC(C)OC(=O)N1CCC(c2nc3cc(-c4ccc(NC=O)cn4)ccc3o2)CC1. The summed E-state index contributed by atoms with van der Waals surface area (Å²) in [4.78, 5) is 33.4. The lowest BCUT2D eigenvalue weighted by atomic mass is 9.97. The summed E-state index contributed by atoms with van der Waals surface area (Å²) in [6.45, 7) is 4.96. The van der Waals surface area contributed by atoms with E-state index in [1.807, 2.05) is 38.1 Å². The Morgan fingerprint density at radius 2 is 2.07 bits per heavy atom. The molecule has 1 N–H and O–H groups in total. The topological polar surface area (TPSA) is 97.6 Å². The van der Waals surface area contributed by atoms with E-state index >= 15 is 0 Å². The largest absolute Gasteiger partial charge is 0.447 e. The second-order valence-corrected chi connectivity index (χ2v) is 7.62. The molecule has 1 aromatic carbocycles. The fourth-order valence-corrected chi connectivity index (χ4v) is 3.58. The number of carbonyl (C=O) groups is 2. The molecule has 0 saturated carbocycles. The Morgan fingerprint density at radius 3 is 2.73 bits per heavy atom. The molecule has 2 amide bonds. The molecule has 0 bridgehead atoms. The molecule has 156 valence electrons. The Balaban J connectivity index is 1.46. The number of oxazole rings is 1. The third-order valence-electron chi connectivity index (χ3n) is 5.13. The minimum atomic E-state index is -0.257. The van der Waals surface area contributed by atoms with Gasteiger partial charge >= 0.3 is 6.09 Å². The van der Waals surface area contributed by atoms with Crippen LogP contribution in [0.2, 0.25) is 0 Å². The minimum Gasteiger partial charge on any atom is -0.447 e. The van der Waals surface area contributed by atoms with Gasteiger partial charge < -0.3 is 19.4 Å². The van der Waals surface area contributed by atoms with E-state index in [1.165, 1.54) is 0 Å². The van der Waals surface area contributed by atoms with E-state index in [-0.39, 0.29) is 18.1 Å². The third kappa shape index (κ3) is 4.27. The smallest absolute Gasteiger partial charge is 0.410 e. The molecule has 3 heterocycles. The Bertz CT molecular complexity index is 1040. The van der Waals surface area contributed by atoms with E-state index in [1.54, 1.807) is 17.2 Å². The van der Waals surface area contributed by atoms with Crippen molar-refractivity contribution in [3.05, 3.63) is 42.4 Å². The highest BCUT2D eigenvalue weighted by molar-refractivity contribution is 5.80. The van der Waals surface area contributed by atoms with Gasteiger partial charge in [-0.1, -0.05) is 0 Å². The quantitative estimate of drug-likeness (QED) is 0.636. The van der Waals surface area contributed by atoms with Gasteiger partial charge in [-0.3, -0.25) is 9.78 Å². The van der Waals surface area contributed by atoms with Crippen LogP contribution in [-0.4, -0.2) is 46.6 Å². The lowest BCUT2D eigenvalue weighted by Crippen LogP contribution is -2.39. The highest BCUT2D eigenvalue weighted by Crippen LogP contribution is 2.31. The van der Waals surface area contributed by atoms with Crippen LogP contribution in [0, 0.1) is 0 Å². The molecular weight excluding hydrogens is 384 g/mol. The Morgan fingerprint density at radius 1 is 1.27 bits per heavy atom. The number of pyridine rings is 1. The van der Waals surface area contributed by atoms with Gasteiger partial charge in [0.1, 0.15) is 5.52 Å². The summed E-state index contributed by atoms with van der Waals surface area (Å²) in [5.41, 5.74) is 3.86. The number of hydrogen-bond acceptors (Lipinski definition) is 6. The zero-order valence-corrected chi connectivity index (χ0v) is 17.0. The number of benzene rings is 1. The molecule has 2 aromatic heterocycles. The van der Waals surface area contributed by atoms with Gasteiger partial charge in [0.05, 0.1) is 23.7 Å². The molecule has 0 radical (unpaired) electrons. The maximum Gasteiger partial charge on any atom is 0.410 e. The van der Waals surface area contributed by atoms with Crippen molar-refractivity contribution in [1.29, 1.82) is 0 Å². The summed E-state index contributed by atoms with van der Waals surface area (Å²) in [7, 11) is 0. The van der Waals surface area contributed by atoms with Crippen molar-refractivity contribution in [2.24, 2.45) is 0 Å². The summed E-state index contributed by atoms with van der Waals surface area (Å²) < 4.78 is 11.3. The number of nitrogens with zero attached hydrogens (tertiary/aromatic N) is 3. The predicted molar refractivity (Wildman–Crippen MR) is 112 cm³/mol. The average Bonchev–Trinajstić information content (AvgIpc) is 3.17. The van der Waals surface area contributed by atoms with Crippen molar-refractivity contribution in [3.8, 4) is 11.3 Å². The molecule has 1 aliphatic heterocycles. The van der Waals surface area contributed by atoms with E-state index in [0.29, 0.717) is 31.1 Å². The predicted octanol–water partition coefficient (Wildman–Crippen LogP) is 4.18. The maximum absolute atomic E-state index is 12.1. The number of ether oxygens (including phenoxy) is 1. The third-order valence-corrected chi connectivity index (χ3v) is 5.13. The van der Waals surface area contributed by atoms with E-state index in [0.717, 1.165) is 35.2 Å². The Kier molecular flexibility index (Phi) is 5.65. The summed E-state index contributed by atoms with van der Waals surface area (Å²) >= 11 is 0. The van der Waals surface area contributed by atoms with Crippen LogP contribution in [0.5, 0.6) is 0 Å². The lowest BCUT2D eigenvalue weighted by Gasteiger charge is -2.30. The van der Waals surface area contributed by atoms with Crippen molar-refractivity contribution >= 4 is 29.3 Å². The first kappa shape index (κ1) is 19.9. The zero-order valence-electron chi connectivity index (χ0n) is 17.0. The fourth-order valence-electron chi connectivity index (χ4n) is 3.58. The molecular formula is C22H24N4O4. The van der Waals surface area contributed by atoms with Crippen LogP contribution in [0.15, 0.2) is 40.9 Å². The van der Waals surface area contributed by atoms with Crippen LogP contribution >= 0.6 is 0 Å². The number of likely N-dealkylation sites (tertiary alicyclic amines) is 1. The second kappa shape index (κ2) is 8.52. The van der Waals surface area contributed by atoms with E-state index in [4.69, 9.17) is 14.1 Å². The second-order valence-electron chi connectivity index (χ2n) is 7.62. The first-order valence-corrected chi connectivity index (χ1v) is 10.1. The molecule has 0 unspecified atom stereocenters. The van der Waals surface area contributed by atoms with Crippen LogP contribution in [0.4, 0.5) is 10.5 Å². The van der Waals surface area contributed by atoms with Crippen LogP contribution in [0.3, 0.4) is 0 Å². The molecule has 30 heavy (non-hydrogen) atoms. The highest BCUT2D eigenvalue weighted by Gasteiger charge is 2.28. The van der Waals surface area contributed by atoms with Crippen LogP contribution in [0.25, 0.3) is 22.4 Å². The van der Waals surface area contributed by atoms with Gasteiger partial charge in [0.25, 0.3) is 0 Å². The Labute approximate surface area is 174 Å². The molecule has 0 atom stereocenters. The monoisotopic (exact) mass is 408 g/mol. The highest BCUT2D eigenvalue weighted by atomic mass is 16.6. The number of nitrogens with one attached hydrogen (secondary N) is 1. The summed E-state index contributed by atoms with van der Waals surface area (Å²) in [6.07, 6.45) is 3.44. The van der Waals surface area contributed by atoms with Gasteiger partial charge in [-0.2, -0.15) is 0 Å². The van der Waals surface area contributed by atoms with E-state index in [9.17, 15) is 9.59 Å². The number of carbonyl (C=O) groups excluding carboxylic acids is 2. The normalized spacial score (nSPS) is 14.8. The van der Waals surface area contributed by atoms with Crippen molar-refractivity contribution in [1.82, 2.24) is 14.9 Å². The van der Waals surface area contributed by atoms with Crippen molar-refractivity contribution < 1.29 is 18.7 Å². The van der Waals surface area contributed by atoms with Crippen molar-refractivity contribution in [2.45, 2.75) is 38.7 Å². The summed E-state index contributed by atoms with van der Waals surface area (Å²) in [5.74, 6) is 0.883. The molecule has 0 spiro atoms. The van der Waals surface area contributed by atoms with Crippen LogP contribution in [-0.2, 0) is 9.53 Å². The number of hydrogen-bond donors (Lipinski definition) is 1. The van der Waals surface area contributed by atoms with Gasteiger partial charge in [-0.05, 0) is 57.0 Å². The summed E-state index contributed by atoms with van der Waals surface area (Å²) in [6, 6.07) is 9.44. The number of piperidine rings is 1. The summed E-state index contributed by atoms with van der Waals surface area (Å²) in [5, 5.41) is 2.57. The van der Waals surface area contributed by atoms with Crippen molar-refractivity contribution in [2.75, 3.05) is 18.4 Å². The van der Waals surface area contributed by atoms with Crippen LogP contribution in [0.1, 0.15) is 38.5 Å². The van der Waals surface area contributed by atoms with E-state index < -0.39 is 0 Å². The van der Waals surface area contributed by atoms with Gasteiger partial charge in [-0.25, -0.2) is 9.78 Å². The molecule has 8 heteroatoms. The number of anilines is 1. The molecule has 3 aromatic rings. The van der Waals surface area contributed by atoms with Crippen LogP contribution < -0.4 is 5.32 Å². The molecule has 8 nitrogen and oxygen atoms in total. The van der Waals surface area contributed by atoms with Gasteiger partial charge in [-0.15, -0.1) is 0 Å². The van der Waals surface area contributed by atoms with E-state index in [2.05, 4.69) is 10.3 Å². The van der Waals surface area contributed by atoms with Crippen molar-refractivity contribution in [3.63, 3.8) is 0 Å². The average molecular weight is 408 g/mol. The number of aromatic nitrogens is 2. The van der Waals surface area contributed by atoms with Gasteiger partial charge in [0.15, 0.2) is 11.5 Å². The Hall–Kier alpha value is -3.42. The van der Waals surface area contributed by atoms with Gasteiger partial charge in [0, 0.05) is 24.6 Å². The lowest BCUT2D eigenvalue weighted by molar-refractivity contribution is -0.105. The fraction of sp³-hybridized carbons (Fsp3) is 0.364. The number of rotatable bonds is 5.